The van der Waals surface area contributed by atoms with E-state index < -0.39 is 17.8 Å². The first-order chi connectivity index (χ1) is 9.63. The molecule has 0 aromatic heterocycles. The first-order valence-corrected chi connectivity index (χ1v) is 6.58. The van der Waals surface area contributed by atoms with Gasteiger partial charge in [-0.05, 0) is 29.7 Å². The first-order valence-electron chi connectivity index (χ1n) is 6.58. The van der Waals surface area contributed by atoms with Gasteiger partial charge in [-0.3, -0.25) is 0 Å². The van der Waals surface area contributed by atoms with Crippen molar-refractivity contribution < 1.29 is 13.2 Å². The lowest BCUT2D eigenvalue weighted by Crippen LogP contribution is -2.02. The lowest BCUT2D eigenvalue weighted by molar-refractivity contribution is 0.342. The Morgan fingerprint density at radius 1 is 1.10 bits per heavy atom. The van der Waals surface area contributed by atoms with Crippen LogP contribution in [-0.4, -0.2) is 6.54 Å². The molecular weight excluding hydrogens is 263 g/mol. The molecule has 1 N–H and O–H groups in total. The number of benzene rings is 2. The molecule has 0 spiro atoms. The average Bonchev–Trinajstić information content (AvgIpc) is 2.85. The number of halogens is 3. The largest absolute Gasteiger partial charge is 0.384 e. The molecule has 1 aliphatic rings. The lowest BCUT2D eigenvalue weighted by Gasteiger charge is -2.13. The van der Waals surface area contributed by atoms with Crippen molar-refractivity contribution in [2.24, 2.45) is 0 Å². The molecule has 104 valence electrons. The minimum absolute atomic E-state index is 0.0349. The van der Waals surface area contributed by atoms with Crippen molar-refractivity contribution in [3.05, 3.63) is 64.7 Å². The van der Waals surface area contributed by atoms with Crippen LogP contribution in [0, 0.1) is 11.6 Å². The number of rotatable bonds is 3. The van der Waals surface area contributed by atoms with Crippen LogP contribution in [-0.2, 0) is 12.8 Å². The topological polar surface area (TPSA) is 12.0 Å². The van der Waals surface area contributed by atoms with E-state index in [0.29, 0.717) is 11.1 Å². The number of para-hydroxylation sites is 1. The van der Waals surface area contributed by atoms with E-state index in [0.717, 1.165) is 30.3 Å². The van der Waals surface area contributed by atoms with Crippen molar-refractivity contribution in [3.8, 4) is 0 Å². The van der Waals surface area contributed by atoms with Gasteiger partial charge in [0.1, 0.15) is 17.8 Å². The highest BCUT2D eigenvalue weighted by atomic mass is 19.1. The van der Waals surface area contributed by atoms with E-state index in [4.69, 9.17) is 0 Å². The second-order valence-electron chi connectivity index (χ2n) is 5.01. The number of anilines is 1. The summed E-state index contributed by atoms with van der Waals surface area (Å²) in [6.45, 7) is 0.799. The van der Waals surface area contributed by atoms with E-state index in [-0.39, 0.29) is 6.42 Å². The Bertz CT molecular complexity index is 619. The van der Waals surface area contributed by atoms with Crippen molar-refractivity contribution in [1.29, 1.82) is 0 Å². The molecular formula is C16H14F3N. The molecule has 1 unspecified atom stereocenters. The van der Waals surface area contributed by atoms with Crippen LogP contribution in [0.15, 0.2) is 36.4 Å². The van der Waals surface area contributed by atoms with E-state index in [2.05, 4.69) is 5.32 Å². The number of hydrogen-bond donors (Lipinski definition) is 1. The Kier molecular flexibility index (Phi) is 3.38. The van der Waals surface area contributed by atoms with Crippen molar-refractivity contribution in [2.75, 3.05) is 11.9 Å². The fourth-order valence-electron chi connectivity index (χ4n) is 2.67. The predicted octanol–water partition coefficient (Wildman–Crippen LogP) is 4.19. The zero-order valence-corrected chi connectivity index (χ0v) is 10.8. The quantitative estimate of drug-likeness (QED) is 0.887. The van der Waals surface area contributed by atoms with Gasteiger partial charge in [-0.2, -0.15) is 0 Å². The Labute approximate surface area is 115 Å². The van der Waals surface area contributed by atoms with Gasteiger partial charge < -0.3 is 5.32 Å². The summed E-state index contributed by atoms with van der Waals surface area (Å²) in [6.07, 6.45) is -0.436. The highest BCUT2D eigenvalue weighted by Gasteiger charge is 2.20. The van der Waals surface area contributed by atoms with Crippen molar-refractivity contribution in [3.63, 3.8) is 0 Å². The second kappa shape index (κ2) is 5.19. The molecule has 1 atom stereocenters. The molecule has 0 radical (unpaired) electrons. The highest BCUT2D eigenvalue weighted by Crippen LogP contribution is 2.34. The standard InChI is InChI=1S/C16H14F3N/c17-12-6-10(7-13(18)9-12)8-15(19)14-3-1-2-11-4-5-20-16(11)14/h1-3,6-7,9,15,20H,4-5,8H2. The van der Waals surface area contributed by atoms with Crippen molar-refractivity contribution in [2.45, 2.75) is 19.0 Å². The zero-order valence-electron chi connectivity index (χ0n) is 10.8. The SMILES string of the molecule is Fc1cc(F)cc(CC(F)c2cccc3c2NCC3)c1. The van der Waals surface area contributed by atoms with Gasteiger partial charge in [-0.25, -0.2) is 13.2 Å². The number of nitrogens with one attached hydrogen (secondary N) is 1. The number of hydrogen-bond acceptors (Lipinski definition) is 1. The molecule has 0 amide bonds. The average molecular weight is 277 g/mol. The summed E-state index contributed by atoms with van der Waals surface area (Å²) >= 11 is 0. The Morgan fingerprint density at radius 2 is 1.85 bits per heavy atom. The van der Waals surface area contributed by atoms with Crippen LogP contribution < -0.4 is 5.32 Å². The van der Waals surface area contributed by atoms with E-state index in [1.165, 1.54) is 12.1 Å². The molecule has 2 aromatic rings. The fourth-order valence-corrected chi connectivity index (χ4v) is 2.67. The van der Waals surface area contributed by atoms with E-state index in [9.17, 15) is 13.2 Å². The molecule has 0 bridgehead atoms. The molecule has 20 heavy (non-hydrogen) atoms. The van der Waals surface area contributed by atoms with Crippen LogP contribution >= 0.6 is 0 Å². The van der Waals surface area contributed by atoms with E-state index >= 15 is 0 Å². The van der Waals surface area contributed by atoms with Crippen LogP contribution in [0.1, 0.15) is 22.9 Å². The van der Waals surface area contributed by atoms with Gasteiger partial charge in [-0.1, -0.05) is 18.2 Å². The third-order valence-corrected chi connectivity index (χ3v) is 3.55. The minimum Gasteiger partial charge on any atom is -0.384 e. The van der Waals surface area contributed by atoms with Crippen LogP contribution in [0.5, 0.6) is 0 Å². The summed E-state index contributed by atoms with van der Waals surface area (Å²) < 4.78 is 40.7. The molecule has 0 aliphatic carbocycles. The van der Waals surface area contributed by atoms with Gasteiger partial charge in [0.05, 0.1) is 0 Å². The van der Waals surface area contributed by atoms with Crippen LogP contribution in [0.25, 0.3) is 0 Å². The van der Waals surface area contributed by atoms with Crippen LogP contribution in [0.3, 0.4) is 0 Å². The maximum Gasteiger partial charge on any atom is 0.131 e. The van der Waals surface area contributed by atoms with Crippen molar-refractivity contribution >= 4 is 5.69 Å². The second-order valence-corrected chi connectivity index (χ2v) is 5.01. The third kappa shape index (κ3) is 2.50. The molecule has 1 nitrogen and oxygen atoms in total. The summed E-state index contributed by atoms with van der Waals surface area (Å²) in [7, 11) is 0. The molecule has 1 aliphatic heterocycles. The summed E-state index contributed by atoms with van der Waals surface area (Å²) in [5, 5.41) is 3.17. The summed E-state index contributed by atoms with van der Waals surface area (Å²) in [4.78, 5) is 0. The highest BCUT2D eigenvalue weighted by molar-refractivity contribution is 5.62. The smallest absolute Gasteiger partial charge is 0.131 e. The normalized spacial score (nSPS) is 14.8. The summed E-state index contributed by atoms with van der Waals surface area (Å²) in [5.74, 6) is -1.35. The number of fused-ring (bicyclic) bond motifs is 1. The summed E-state index contributed by atoms with van der Waals surface area (Å²) in [6, 6.07) is 8.64. The summed E-state index contributed by atoms with van der Waals surface area (Å²) in [5.41, 5.74) is 2.81. The third-order valence-electron chi connectivity index (χ3n) is 3.55. The molecule has 3 rings (SSSR count). The van der Waals surface area contributed by atoms with Crippen molar-refractivity contribution in [1.82, 2.24) is 0 Å². The molecule has 0 fully saturated rings. The Hall–Kier alpha value is -1.97. The van der Waals surface area contributed by atoms with Gasteiger partial charge in [0.15, 0.2) is 0 Å². The van der Waals surface area contributed by atoms with E-state index in [1.807, 2.05) is 12.1 Å². The van der Waals surface area contributed by atoms with E-state index in [1.54, 1.807) is 6.07 Å². The first kappa shape index (κ1) is 13.0. The fraction of sp³-hybridized carbons (Fsp3) is 0.250. The monoisotopic (exact) mass is 277 g/mol. The van der Waals surface area contributed by atoms with Gasteiger partial charge in [0, 0.05) is 30.3 Å². The number of alkyl halides is 1. The molecule has 0 saturated heterocycles. The molecule has 2 aromatic carbocycles. The maximum atomic E-state index is 14.5. The molecule has 0 saturated carbocycles. The Balaban J connectivity index is 1.86. The van der Waals surface area contributed by atoms with Gasteiger partial charge >= 0.3 is 0 Å². The van der Waals surface area contributed by atoms with Gasteiger partial charge in [0.2, 0.25) is 0 Å². The maximum absolute atomic E-state index is 14.5. The predicted molar refractivity (Wildman–Crippen MR) is 72.5 cm³/mol. The molecule has 4 heteroatoms. The van der Waals surface area contributed by atoms with Gasteiger partial charge in [0.25, 0.3) is 0 Å². The Morgan fingerprint density at radius 3 is 2.60 bits per heavy atom. The zero-order chi connectivity index (χ0) is 14.1. The molecule has 1 heterocycles. The van der Waals surface area contributed by atoms with Gasteiger partial charge in [-0.15, -0.1) is 0 Å². The van der Waals surface area contributed by atoms with Crippen LogP contribution in [0.4, 0.5) is 18.9 Å². The van der Waals surface area contributed by atoms with Crippen LogP contribution in [0.2, 0.25) is 0 Å². The minimum atomic E-state index is -1.28. The lowest BCUT2D eigenvalue weighted by atomic mass is 9.99.